The van der Waals surface area contributed by atoms with Crippen molar-refractivity contribution in [1.29, 1.82) is 0 Å². The molecule has 3 N–H and O–H groups in total. The van der Waals surface area contributed by atoms with Gasteiger partial charge < -0.3 is 11.1 Å². The van der Waals surface area contributed by atoms with Crippen LogP contribution in [-0.4, -0.2) is 0 Å². The van der Waals surface area contributed by atoms with Crippen molar-refractivity contribution in [2.45, 2.75) is 5.41 Å². The minimum Gasteiger partial charge on any atom is -0.397 e. The van der Waals surface area contributed by atoms with E-state index in [1.165, 1.54) is 77.2 Å². The summed E-state index contributed by atoms with van der Waals surface area (Å²) in [6.07, 6.45) is 0. The van der Waals surface area contributed by atoms with E-state index in [1.807, 2.05) is 24.3 Å². The SMILES string of the molecule is Nc1ccccc1Nc1ccc(-c2cc3c(c4ccccc24)-c2c(ccc4ccccc24)C32c3ccccc3-c3ccccc32)cc1. The molecule has 2 heteroatoms. The Morgan fingerprint density at radius 2 is 1.02 bits per heavy atom. The van der Waals surface area contributed by atoms with Crippen molar-refractivity contribution in [3.05, 3.63) is 186 Å². The van der Waals surface area contributed by atoms with Gasteiger partial charge in [0, 0.05) is 5.69 Å². The number of rotatable bonds is 3. The maximum absolute atomic E-state index is 6.24. The largest absolute Gasteiger partial charge is 0.397 e. The highest BCUT2D eigenvalue weighted by molar-refractivity contribution is 6.16. The van der Waals surface area contributed by atoms with Crippen molar-refractivity contribution in [2.75, 3.05) is 11.1 Å². The van der Waals surface area contributed by atoms with Crippen LogP contribution in [0.4, 0.5) is 17.1 Å². The zero-order valence-electron chi connectivity index (χ0n) is 25.7. The molecule has 8 aromatic carbocycles. The first-order valence-corrected chi connectivity index (χ1v) is 16.2. The van der Waals surface area contributed by atoms with Crippen LogP contribution in [0.1, 0.15) is 22.3 Å². The fourth-order valence-electron chi connectivity index (χ4n) is 8.49. The molecule has 8 aromatic rings. The van der Waals surface area contributed by atoms with E-state index in [0.29, 0.717) is 0 Å². The molecule has 0 saturated heterocycles. The average molecular weight is 599 g/mol. The van der Waals surface area contributed by atoms with Gasteiger partial charge in [-0.25, -0.2) is 0 Å². The second kappa shape index (κ2) is 9.69. The van der Waals surface area contributed by atoms with E-state index >= 15 is 0 Å². The van der Waals surface area contributed by atoms with Crippen molar-refractivity contribution < 1.29 is 0 Å². The first-order chi connectivity index (χ1) is 23.2. The molecule has 0 aromatic heterocycles. The normalized spacial score (nSPS) is 13.4. The van der Waals surface area contributed by atoms with E-state index in [0.717, 1.165) is 17.1 Å². The van der Waals surface area contributed by atoms with Gasteiger partial charge in [-0.15, -0.1) is 0 Å². The number of hydrogen-bond acceptors (Lipinski definition) is 2. The fourth-order valence-corrected chi connectivity index (χ4v) is 8.49. The highest BCUT2D eigenvalue weighted by Gasteiger charge is 2.52. The Morgan fingerprint density at radius 3 is 1.77 bits per heavy atom. The lowest BCUT2D eigenvalue weighted by molar-refractivity contribution is 0.795. The first-order valence-electron chi connectivity index (χ1n) is 16.2. The molecule has 220 valence electrons. The summed E-state index contributed by atoms with van der Waals surface area (Å²) >= 11 is 0. The third-order valence-electron chi connectivity index (χ3n) is 10.4. The van der Waals surface area contributed by atoms with Gasteiger partial charge in [0.1, 0.15) is 0 Å². The van der Waals surface area contributed by atoms with Crippen LogP contribution in [0.25, 0.3) is 54.9 Å². The summed E-state index contributed by atoms with van der Waals surface area (Å²) < 4.78 is 0. The maximum Gasteiger partial charge on any atom is 0.0726 e. The summed E-state index contributed by atoms with van der Waals surface area (Å²) in [6, 6.07) is 59.8. The Hall–Kier alpha value is -6.12. The standard InChI is InChI=1S/C45H30N2/c46-41-19-9-10-20-42(41)47-30-24-21-29(22-25-30)36-27-40-44(35-16-4-3-13-32(35)36)43-31-12-2-1-11-28(31)23-26-39(43)45(40)37-17-7-5-14-33(37)34-15-6-8-18-38(34)45/h1-27,47H,46H2. The molecule has 2 aliphatic carbocycles. The summed E-state index contributed by atoms with van der Waals surface area (Å²) in [5.74, 6) is 0. The lowest BCUT2D eigenvalue weighted by atomic mass is 9.70. The molecular weight excluding hydrogens is 569 g/mol. The number of nitrogens with two attached hydrogens (primary N) is 1. The summed E-state index contributed by atoms with van der Waals surface area (Å²) in [4.78, 5) is 0. The Bertz CT molecular complexity index is 2510. The number of fused-ring (bicyclic) bond motifs is 14. The second-order valence-corrected chi connectivity index (χ2v) is 12.7. The Morgan fingerprint density at radius 1 is 0.426 bits per heavy atom. The van der Waals surface area contributed by atoms with Crippen molar-refractivity contribution in [3.63, 3.8) is 0 Å². The lowest BCUT2D eigenvalue weighted by Gasteiger charge is -2.31. The molecule has 2 nitrogen and oxygen atoms in total. The first kappa shape index (κ1) is 26.1. The van der Waals surface area contributed by atoms with Crippen LogP contribution in [-0.2, 0) is 5.41 Å². The van der Waals surface area contributed by atoms with E-state index in [1.54, 1.807) is 0 Å². The van der Waals surface area contributed by atoms with E-state index in [4.69, 9.17) is 5.73 Å². The van der Waals surface area contributed by atoms with Crippen molar-refractivity contribution in [2.24, 2.45) is 0 Å². The molecule has 0 heterocycles. The molecule has 1 spiro atoms. The highest BCUT2D eigenvalue weighted by atomic mass is 14.9. The molecule has 2 aliphatic rings. The predicted molar refractivity (Wildman–Crippen MR) is 197 cm³/mol. The predicted octanol–water partition coefficient (Wildman–Crippen LogP) is 11.3. The zero-order valence-corrected chi connectivity index (χ0v) is 25.7. The number of hydrogen-bond donors (Lipinski definition) is 2. The molecular formula is C45H30N2. The number of nitrogens with one attached hydrogen (secondary N) is 1. The van der Waals surface area contributed by atoms with Crippen molar-refractivity contribution >= 4 is 38.6 Å². The van der Waals surface area contributed by atoms with Crippen LogP contribution in [0.15, 0.2) is 164 Å². The summed E-state index contributed by atoms with van der Waals surface area (Å²) in [6.45, 7) is 0. The highest BCUT2D eigenvalue weighted by Crippen LogP contribution is 2.65. The van der Waals surface area contributed by atoms with Crippen LogP contribution in [0.2, 0.25) is 0 Å². The molecule has 0 fully saturated rings. The quantitative estimate of drug-likeness (QED) is 0.199. The topological polar surface area (TPSA) is 38.0 Å². The molecule has 47 heavy (non-hydrogen) atoms. The molecule has 0 radical (unpaired) electrons. The van der Waals surface area contributed by atoms with Gasteiger partial charge in [0.25, 0.3) is 0 Å². The Kier molecular flexibility index (Phi) is 5.39. The van der Waals surface area contributed by atoms with Gasteiger partial charge >= 0.3 is 0 Å². The monoisotopic (exact) mass is 598 g/mol. The molecule has 0 unspecified atom stereocenters. The fraction of sp³-hybridized carbons (Fsp3) is 0.0222. The molecule has 0 saturated carbocycles. The number of anilines is 3. The smallest absolute Gasteiger partial charge is 0.0726 e. The molecule has 0 bridgehead atoms. The van der Waals surface area contributed by atoms with Gasteiger partial charge in [0.15, 0.2) is 0 Å². The number of benzene rings is 8. The second-order valence-electron chi connectivity index (χ2n) is 12.7. The number of nitrogen functional groups attached to an aromatic ring is 1. The summed E-state index contributed by atoms with van der Waals surface area (Å²) in [7, 11) is 0. The molecule has 0 amide bonds. The molecule has 10 rings (SSSR count). The van der Waals surface area contributed by atoms with Crippen LogP contribution < -0.4 is 11.1 Å². The zero-order chi connectivity index (χ0) is 31.1. The maximum atomic E-state index is 6.24. The lowest BCUT2D eigenvalue weighted by Crippen LogP contribution is -2.26. The van der Waals surface area contributed by atoms with Crippen LogP contribution in [0.3, 0.4) is 0 Å². The van der Waals surface area contributed by atoms with Gasteiger partial charge in [-0.2, -0.15) is 0 Å². The van der Waals surface area contributed by atoms with E-state index in [-0.39, 0.29) is 0 Å². The van der Waals surface area contributed by atoms with Gasteiger partial charge in [0.05, 0.1) is 16.8 Å². The summed E-state index contributed by atoms with van der Waals surface area (Å²) in [5.41, 5.74) is 21.7. The van der Waals surface area contributed by atoms with Gasteiger partial charge in [-0.3, -0.25) is 0 Å². The van der Waals surface area contributed by atoms with E-state index in [2.05, 4.69) is 145 Å². The summed E-state index contributed by atoms with van der Waals surface area (Å²) in [5, 5.41) is 8.61. The van der Waals surface area contributed by atoms with Gasteiger partial charge in [-0.1, -0.05) is 133 Å². The van der Waals surface area contributed by atoms with E-state index in [9.17, 15) is 0 Å². The van der Waals surface area contributed by atoms with Crippen LogP contribution in [0, 0.1) is 0 Å². The van der Waals surface area contributed by atoms with Crippen molar-refractivity contribution in [3.8, 4) is 33.4 Å². The van der Waals surface area contributed by atoms with E-state index < -0.39 is 5.41 Å². The third-order valence-corrected chi connectivity index (χ3v) is 10.4. The average Bonchev–Trinajstić information content (AvgIpc) is 3.60. The number of para-hydroxylation sites is 2. The van der Waals surface area contributed by atoms with Crippen LogP contribution in [0.5, 0.6) is 0 Å². The Balaban J connectivity index is 1.29. The molecule has 0 aliphatic heterocycles. The van der Waals surface area contributed by atoms with Crippen molar-refractivity contribution in [1.82, 2.24) is 0 Å². The third kappa shape index (κ3) is 3.50. The van der Waals surface area contributed by atoms with Crippen LogP contribution >= 0.6 is 0 Å². The Labute approximate surface area is 273 Å². The molecule has 0 atom stereocenters. The minimum atomic E-state index is -0.424. The minimum absolute atomic E-state index is 0.424. The van der Waals surface area contributed by atoms with Gasteiger partial charge in [0.2, 0.25) is 0 Å². The van der Waals surface area contributed by atoms with Gasteiger partial charge in [-0.05, 0) is 108 Å².